The van der Waals surface area contributed by atoms with Crippen LogP contribution in [0.1, 0.15) is 29.7 Å². The van der Waals surface area contributed by atoms with Crippen molar-refractivity contribution in [3.05, 3.63) is 65.5 Å². The molecule has 0 spiro atoms. The molecule has 2 heterocycles. The van der Waals surface area contributed by atoms with Crippen molar-refractivity contribution in [2.75, 3.05) is 19.6 Å². The average molecular weight is 318 g/mol. The highest BCUT2D eigenvalue weighted by atomic mass is 35.5. The average Bonchev–Trinajstić information content (AvgIpc) is 2.57. The molecule has 1 aliphatic rings. The fourth-order valence-corrected chi connectivity index (χ4v) is 2.96. The molecule has 22 heavy (non-hydrogen) atoms. The summed E-state index contributed by atoms with van der Waals surface area (Å²) in [5.74, 6) is 0. The second-order valence-electron chi connectivity index (χ2n) is 5.64. The molecule has 1 fully saturated rings. The molecule has 4 heteroatoms. The van der Waals surface area contributed by atoms with Crippen LogP contribution in [0.3, 0.4) is 0 Å². The van der Waals surface area contributed by atoms with Crippen LogP contribution in [0, 0.1) is 0 Å². The standard InChI is InChI=1S/C18H23N3.ClH/c1-2-15-3-5-16(6-4-15)14-21-12-11-20-13-18(21)17-7-9-19-10-8-17;/h3-10,18,20H,2,11-14H2,1H3;1H. The van der Waals surface area contributed by atoms with Gasteiger partial charge in [0.25, 0.3) is 0 Å². The van der Waals surface area contributed by atoms with E-state index in [1.807, 2.05) is 12.4 Å². The van der Waals surface area contributed by atoms with E-state index in [4.69, 9.17) is 0 Å². The van der Waals surface area contributed by atoms with Gasteiger partial charge >= 0.3 is 0 Å². The molecule has 3 nitrogen and oxygen atoms in total. The SMILES string of the molecule is CCc1ccc(CN2CCNCC2c2ccncc2)cc1.Cl. The van der Waals surface area contributed by atoms with Gasteiger partial charge in [-0.1, -0.05) is 31.2 Å². The van der Waals surface area contributed by atoms with E-state index in [9.17, 15) is 0 Å². The van der Waals surface area contributed by atoms with Gasteiger partial charge in [0.15, 0.2) is 0 Å². The lowest BCUT2D eigenvalue weighted by atomic mass is 10.0. The summed E-state index contributed by atoms with van der Waals surface area (Å²) in [5.41, 5.74) is 4.15. The quantitative estimate of drug-likeness (QED) is 0.938. The van der Waals surface area contributed by atoms with Gasteiger partial charge in [-0.2, -0.15) is 0 Å². The van der Waals surface area contributed by atoms with Crippen LogP contribution < -0.4 is 5.32 Å². The number of aryl methyl sites for hydroxylation is 1. The molecule has 3 rings (SSSR count). The summed E-state index contributed by atoms with van der Waals surface area (Å²) in [4.78, 5) is 6.69. The summed E-state index contributed by atoms with van der Waals surface area (Å²) in [6, 6.07) is 13.7. The van der Waals surface area contributed by atoms with Gasteiger partial charge in [0.2, 0.25) is 0 Å². The van der Waals surface area contributed by atoms with E-state index < -0.39 is 0 Å². The Bertz CT molecular complexity index is 556. The number of rotatable bonds is 4. The third-order valence-electron chi connectivity index (χ3n) is 4.26. The van der Waals surface area contributed by atoms with Crippen LogP contribution in [0.5, 0.6) is 0 Å². The minimum absolute atomic E-state index is 0. The van der Waals surface area contributed by atoms with Gasteiger partial charge in [-0.05, 0) is 35.2 Å². The Hall–Kier alpha value is -1.42. The zero-order chi connectivity index (χ0) is 14.5. The van der Waals surface area contributed by atoms with E-state index >= 15 is 0 Å². The molecule has 1 saturated heterocycles. The van der Waals surface area contributed by atoms with E-state index in [0.717, 1.165) is 32.6 Å². The molecule has 1 N–H and O–H groups in total. The second-order valence-corrected chi connectivity index (χ2v) is 5.64. The van der Waals surface area contributed by atoms with Crippen molar-refractivity contribution in [3.8, 4) is 0 Å². The molecule has 0 amide bonds. The highest BCUT2D eigenvalue weighted by Crippen LogP contribution is 2.23. The molecule has 0 saturated carbocycles. The fraction of sp³-hybridized carbons (Fsp3) is 0.389. The lowest BCUT2D eigenvalue weighted by molar-refractivity contribution is 0.153. The van der Waals surface area contributed by atoms with Crippen LogP contribution in [0.15, 0.2) is 48.8 Å². The molecule has 1 aromatic carbocycles. The summed E-state index contributed by atoms with van der Waals surface area (Å²) in [6.45, 7) is 6.37. The van der Waals surface area contributed by atoms with Gasteiger partial charge in [0.1, 0.15) is 0 Å². The number of pyridine rings is 1. The Morgan fingerprint density at radius 1 is 1.09 bits per heavy atom. The van der Waals surface area contributed by atoms with Crippen LogP contribution in [0.2, 0.25) is 0 Å². The highest BCUT2D eigenvalue weighted by Gasteiger charge is 2.23. The van der Waals surface area contributed by atoms with E-state index in [1.165, 1.54) is 16.7 Å². The molecule has 0 bridgehead atoms. The van der Waals surface area contributed by atoms with Crippen molar-refractivity contribution in [2.24, 2.45) is 0 Å². The first kappa shape index (κ1) is 16.9. The highest BCUT2D eigenvalue weighted by molar-refractivity contribution is 5.85. The monoisotopic (exact) mass is 317 g/mol. The molecule has 1 aliphatic heterocycles. The molecular weight excluding hydrogens is 294 g/mol. The Balaban J connectivity index is 0.00000176. The second kappa shape index (κ2) is 8.28. The van der Waals surface area contributed by atoms with E-state index in [1.54, 1.807) is 0 Å². The number of hydrogen-bond donors (Lipinski definition) is 1. The summed E-state index contributed by atoms with van der Waals surface area (Å²) in [7, 11) is 0. The largest absolute Gasteiger partial charge is 0.314 e. The van der Waals surface area contributed by atoms with Gasteiger partial charge in [0.05, 0.1) is 0 Å². The van der Waals surface area contributed by atoms with Crippen LogP contribution >= 0.6 is 12.4 Å². The van der Waals surface area contributed by atoms with Crippen molar-refractivity contribution in [2.45, 2.75) is 25.9 Å². The van der Waals surface area contributed by atoms with Gasteiger partial charge in [-0.15, -0.1) is 12.4 Å². The number of halogens is 1. The zero-order valence-corrected chi connectivity index (χ0v) is 13.9. The maximum absolute atomic E-state index is 4.13. The van der Waals surface area contributed by atoms with Gasteiger partial charge in [-0.25, -0.2) is 0 Å². The number of aromatic nitrogens is 1. The zero-order valence-electron chi connectivity index (χ0n) is 13.0. The predicted molar refractivity (Wildman–Crippen MR) is 93.3 cm³/mol. The number of nitrogens with zero attached hydrogens (tertiary/aromatic N) is 2. The van der Waals surface area contributed by atoms with Crippen molar-refractivity contribution >= 4 is 12.4 Å². The minimum atomic E-state index is 0. The van der Waals surface area contributed by atoms with Gasteiger partial charge < -0.3 is 5.32 Å². The van der Waals surface area contributed by atoms with Crippen LogP contribution in [0.25, 0.3) is 0 Å². The minimum Gasteiger partial charge on any atom is -0.314 e. The fourth-order valence-electron chi connectivity index (χ4n) is 2.96. The molecule has 0 radical (unpaired) electrons. The molecule has 1 aromatic heterocycles. The molecule has 2 aromatic rings. The molecule has 1 atom stereocenters. The van der Waals surface area contributed by atoms with Crippen molar-refractivity contribution < 1.29 is 0 Å². The first-order chi connectivity index (χ1) is 10.4. The van der Waals surface area contributed by atoms with Crippen molar-refractivity contribution in [1.82, 2.24) is 15.2 Å². The third-order valence-corrected chi connectivity index (χ3v) is 4.26. The van der Waals surface area contributed by atoms with Crippen LogP contribution in [-0.4, -0.2) is 29.5 Å². The Labute approximate surface area is 139 Å². The summed E-state index contributed by atoms with van der Waals surface area (Å²) in [5, 5.41) is 3.51. The predicted octanol–water partition coefficient (Wildman–Crippen LogP) is 3.21. The first-order valence-corrected chi connectivity index (χ1v) is 7.79. The van der Waals surface area contributed by atoms with E-state index in [2.05, 4.69) is 58.5 Å². The third kappa shape index (κ3) is 4.07. The maximum atomic E-state index is 4.13. The summed E-state index contributed by atoms with van der Waals surface area (Å²) < 4.78 is 0. The van der Waals surface area contributed by atoms with Crippen molar-refractivity contribution in [3.63, 3.8) is 0 Å². The number of piperazine rings is 1. The molecule has 118 valence electrons. The van der Waals surface area contributed by atoms with Gasteiger partial charge in [-0.3, -0.25) is 9.88 Å². The lowest BCUT2D eigenvalue weighted by Gasteiger charge is -2.36. The lowest BCUT2D eigenvalue weighted by Crippen LogP contribution is -2.45. The summed E-state index contributed by atoms with van der Waals surface area (Å²) in [6.07, 6.45) is 4.88. The Morgan fingerprint density at radius 3 is 2.45 bits per heavy atom. The Kier molecular flexibility index (Phi) is 6.37. The smallest absolute Gasteiger partial charge is 0.0477 e. The first-order valence-electron chi connectivity index (χ1n) is 7.79. The summed E-state index contributed by atoms with van der Waals surface area (Å²) >= 11 is 0. The van der Waals surface area contributed by atoms with E-state index in [0.29, 0.717) is 6.04 Å². The number of hydrogen-bond acceptors (Lipinski definition) is 3. The van der Waals surface area contributed by atoms with E-state index in [-0.39, 0.29) is 12.4 Å². The normalized spacial score (nSPS) is 18.7. The van der Waals surface area contributed by atoms with Gasteiger partial charge in [0, 0.05) is 44.6 Å². The molecular formula is C18H24ClN3. The van der Waals surface area contributed by atoms with Crippen LogP contribution in [-0.2, 0) is 13.0 Å². The number of benzene rings is 1. The Morgan fingerprint density at radius 2 is 1.77 bits per heavy atom. The van der Waals surface area contributed by atoms with Crippen molar-refractivity contribution in [1.29, 1.82) is 0 Å². The molecule has 1 unspecified atom stereocenters. The molecule has 0 aliphatic carbocycles. The van der Waals surface area contributed by atoms with Crippen LogP contribution in [0.4, 0.5) is 0 Å². The maximum Gasteiger partial charge on any atom is 0.0477 e. The number of nitrogens with one attached hydrogen (secondary N) is 1. The topological polar surface area (TPSA) is 28.2 Å².